The fourth-order valence-electron chi connectivity index (χ4n) is 4.54. The van der Waals surface area contributed by atoms with E-state index in [4.69, 9.17) is 23.7 Å². The second kappa shape index (κ2) is 13.4. The third-order valence-electron chi connectivity index (χ3n) is 6.98. The Labute approximate surface area is 240 Å². The van der Waals surface area contributed by atoms with E-state index < -0.39 is 49.7 Å². The van der Waals surface area contributed by atoms with Crippen molar-refractivity contribution in [1.82, 2.24) is 5.32 Å². The lowest BCUT2D eigenvalue weighted by molar-refractivity contribution is -0.201. The van der Waals surface area contributed by atoms with Gasteiger partial charge in [-0.15, -0.1) is 0 Å². The van der Waals surface area contributed by atoms with Crippen LogP contribution in [0.3, 0.4) is 0 Å². The highest BCUT2D eigenvalue weighted by Crippen LogP contribution is 2.40. The van der Waals surface area contributed by atoms with Crippen molar-refractivity contribution in [2.45, 2.75) is 74.8 Å². The molecule has 4 rings (SSSR count). The van der Waals surface area contributed by atoms with Crippen LogP contribution >= 0.6 is 11.8 Å². The van der Waals surface area contributed by atoms with Gasteiger partial charge in [-0.2, -0.15) is 0 Å². The highest BCUT2D eigenvalue weighted by atomic mass is 32.2. The summed E-state index contributed by atoms with van der Waals surface area (Å²) < 4.78 is 30.0. The molecule has 40 heavy (non-hydrogen) atoms. The smallest absolute Gasteiger partial charge is 0.410 e. The maximum absolute atomic E-state index is 11.3. The molecule has 0 aliphatic carbocycles. The molecule has 1 amide bonds. The number of hydrogen-bond donors (Lipinski definition) is 3. The molecule has 0 unspecified atom stereocenters. The molecule has 2 aromatic rings. The minimum atomic E-state index is -1.91. The SMILES string of the molecule is COc1ccc(CO[C@@H]2[C@H]3N=C(NC(=O)O)S[C@H]3O[C@H](C[C@H](O)[Si](C)(C)C)[C@@H]2OCc2ccc(OC)cc2)cc1. The Hall–Kier alpha value is -2.61. The maximum atomic E-state index is 11.3. The maximum Gasteiger partial charge on any atom is 0.410 e. The zero-order valence-electron chi connectivity index (χ0n) is 23.4. The van der Waals surface area contributed by atoms with Crippen molar-refractivity contribution in [3.63, 3.8) is 0 Å². The molecule has 2 aromatic carbocycles. The summed E-state index contributed by atoms with van der Waals surface area (Å²) in [5.74, 6) is 1.50. The number of carboxylic acid groups (broad SMARTS) is 1. The van der Waals surface area contributed by atoms with E-state index in [0.29, 0.717) is 6.42 Å². The van der Waals surface area contributed by atoms with Gasteiger partial charge in [0.15, 0.2) is 5.17 Å². The predicted molar refractivity (Wildman–Crippen MR) is 156 cm³/mol. The summed E-state index contributed by atoms with van der Waals surface area (Å²) in [6, 6.07) is 14.7. The van der Waals surface area contributed by atoms with Crippen LogP contribution in [0.25, 0.3) is 0 Å². The number of methoxy groups -OCH3 is 2. The second-order valence-corrected chi connectivity index (χ2v) is 17.4. The van der Waals surface area contributed by atoms with Crippen molar-refractivity contribution in [2.75, 3.05) is 14.2 Å². The zero-order chi connectivity index (χ0) is 28.9. The molecular weight excluding hydrogens is 552 g/mol. The molecule has 0 aromatic heterocycles. The number of ether oxygens (including phenoxy) is 5. The van der Waals surface area contributed by atoms with Crippen LogP contribution in [0.15, 0.2) is 53.5 Å². The summed E-state index contributed by atoms with van der Waals surface area (Å²) in [6.45, 7) is 6.89. The van der Waals surface area contributed by atoms with Gasteiger partial charge in [0.1, 0.15) is 35.2 Å². The molecule has 2 heterocycles. The predicted octanol–water partition coefficient (Wildman–Crippen LogP) is 4.27. The van der Waals surface area contributed by atoms with Gasteiger partial charge in [0.25, 0.3) is 0 Å². The van der Waals surface area contributed by atoms with Crippen molar-refractivity contribution < 1.29 is 38.7 Å². The number of rotatable bonds is 11. The van der Waals surface area contributed by atoms with Gasteiger partial charge >= 0.3 is 6.09 Å². The molecule has 218 valence electrons. The number of aliphatic imine (C=N–C) groups is 1. The van der Waals surface area contributed by atoms with Crippen LogP contribution in [0.5, 0.6) is 11.5 Å². The van der Waals surface area contributed by atoms with Crippen molar-refractivity contribution in [1.29, 1.82) is 0 Å². The topological polar surface area (TPSA) is 128 Å². The van der Waals surface area contributed by atoms with Gasteiger partial charge in [0, 0.05) is 5.73 Å². The fourth-order valence-corrected chi connectivity index (χ4v) is 6.58. The van der Waals surface area contributed by atoms with Gasteiger partial charge in [0.2, 0.25) is 0 Å². The third-order valence-corrected chi connectivity index (χ3v) is 10.3. The van der Waals surface area contributed by atoms with E-state index in [-0.39, 0.29) is 18.4 Å². The van der Waals surface area contributed by atoms with E-state index in [1.54, 1.807) is 14.2 Å². The monoisotopic (exact) mass is 590 g/mol. The van der Waals surface area contributed by atoms with Gasteiger partial charge < -0.3 is 33.9 Å². The highest BCUT2D eigenvalue weighted by molar-refractivity contribution is 8.14. The van der Waals surface area contributed by atoms with Crippen LogP contribution < -0.4 is 14.8 Å². The largest absolute Gasteiger partial charge is 0.497 e. The van der Waals surface area contributed by atoms with Gasteiger partial charge in [-0.05, 0) is 41.8 Å². The van der Waals surface area contributed by atoms with Gasteiger partial charge in [-0.1, -0.05) is 55.7 Å². The molecule has 0 saturated carbocycles. The van der Waals surface area contributed by atoms with E-state index in [9.17, 15) is 15.0 Å². The summed E-state index contributed by atoms with van der Waals surface area (Å²) in [4.78, 5) is 16.0. The summed E-state index contributed by atoms with van der Waals surface area (Å²) in [7, 11) is 1.32. The molecule has 0 spiro atoms. The molecule has 3 N–H and O–H groups in total. The summed E-state index contributed by atoms with van der Waals surface area (Å²) in [5.41, 5.74) is 0.864. The molecule has 10 nitrogen and oxygen atoms in total. The number of fused-ring (bicyclic) bond motifs is 1. The Morgan fingerprint density at radius 2 is 1.50 bits per heavy atom. The Morgan fingerprint density at radius 3 is 1.98 bits per heavy atom. The van der Waals surface area contributed by atoms with E-state index in [1.165, 1.54) is 11.8 Å². The Bertz CT molecular complexity index is 1160. The van der Waals surface area contributed by atoms with E-state index in [2.05, 4.69) is 30.0 Å². The number of aliphatic hydroxyl groups excluding tert-OH is 1. The second-order valence-electron chi connectivity index (χ2n) is 10.9. The number of amidine groups is 1. The van der Waals surface area contributed by atoms with Gasteiger partial charge in [-0.25, -0.2) is 4.79 Å². The number of amides is 1. The van der Waals surface area contributed by atoms with Crippen molar-refractivity contribution in [3.05, 3.63) is 59.7 Å². The molecule has 6 atom stereocenters. The number of thioether (sulfide) groups is 1. The summed E-state index contributed by atoms with van der Waals surface area (Å²) in [5, 5.41) is 23.0. The summed E-state index contributed by atoms with van der Waals surface area (Å²) >= 11 is 1.21. The first-order valence-electron chi connectivity index (χ1n) is 13.1. The normalized spacial score (nSPS) is 25.1. The first kappa shape index (κ1) is 30.3. The first-order chi connectivity index (χ1) is 19.1. The average molecular weight is 591 g/mol. The van der Waals surface area contributed by atoms with E-state index in [1.807, 2.05) is 48.5 Å². The van der Waals surface area contributed by atoms with Crippen LogP contribution in [-0.4, -0.2) is 79.3 Å². The molecule has 1 saturated heterocycles. The first-order valence-corrected chi connectivity index (χ1v) is 17.6. The van der Waals surface area contributed by atoms with Crippen LogP contribution in [0.4, 0.5) is 4.79 Å². The Morgan fingerprint density at radius 1 is 0.975 bits per heavy atom. The Kier molecular flexibility index (Phi) is 10.1. The van der Waals surface area contributed by atoms with Crippen molar-refractivity contribution in [3.8, 4) is 11.5 Å². The van der Waals surface area contributed by atoms with Crippen LogP contribution in [0.1, 0.15) is 17.5 Å². The molecule has 12 heteroatoms. The lowest BCUT2D eigenvalue weighted by Gasteiger charge is -2.44. The van der Waals surface area contributed by atoms with Crippen LogP contribution in [0, 0.1) is 0 Å². The third kappa shape index (κ3) is 7.77. The average Bonchev–Trinajstić information content (AvgIpc) is 3.32. The number of nitrogens with zero attached hydrogens (tertiary/aromatic N) is 1. The molecule has 2 aliphatic heterocycles. The summed E-state index contributed by atoms with van der Waals surface area (Å²) in [6.07, 6.45) is -2.44. The number of nitrogens with one attached hydrogen (secondary N) is 1. The molecule has 2 aliphatic rings. The molecule has 1 fully saturated rings. The quantitative estimate of drug-likeness (QED) is 0.329. The number of benzene rings is 2. The molecule has 0 radical (unpaired) electrons. The molecular formula is C28H38N2O8SSi. The highest BCUT2D eigenvalue weighted by Gasteiger charge is 2.51. The van der Waals surface area contributed by atoms with Crippen molar-refractivity contribution >= 4 is 31.1 Å². The fraction of sp³-hybridized carbons (Fsp3) is 0.500. The lowest BCUT2D eigenvalue weighted by atomic mass is 9.95. The van der Waals surface area contributed by atoms with E-state index >= 15 is 0 Å². The van der Waals surface area contributed by atoms with Crippen molar-refractivity contribution in [2.24, 2.45) is 4.99 Å². The minimum absolute atomic E-state index is 0.251. The minimum Gasteiger partial charge on any atom is -0.497 e. The standard InChI is InChI=1S/C28H38N2O8SSi/c1-34-19-10-6-17(7-11-19)15-36-24-21(14-22(31)40(3,4)5)38-26-23(29-27(39-26)30-28(32)33)25(24)37-16-18-8-12-20(35-2)13-9-18/h6-13,21-26,31H,14-16H2,1-5H3,(H,29,30)(H,32,33)/t21-,22-,23-,24+,25-,26-/m1/s1. The zero-order valence-corrected chi connectivity index (χ0v) is 25.2. The Balaban J connectivity index is 1.62. The number of carbonyl (C=O) groups is 1. The van der Waals surface area contributed by atoms with Gasteiger partial charge in [-0.3, -0.25) is 10.3 Å². The number of hydrogen-bond acceptors (Lipinski definition) is 9. The number of aliphatic hydroxyl groups is 1. The van der Waals surface area contributed by atoms with Crippen LogP contribution in [-0.2, 0) is 27.4 Å². The van der Waals surface area contributed by atoms with Crippen LogP contribution in [0.2, 0.25) is 19.6 Å². The molecule has 0 bridgehead atoms. The lowest BCUT2D eigenvalue weighted by Crippen LogP contribution is -2.58. The van der Waals surface area contributed by atoms with E-state index in [0.717, 1.165) is 22.6 Å². The van der Waals surface area contributed by atoms with Gasteiger partial charge in [0.05, 0.1) is 41.6 Å².